The highest BCUT2D eigenvalue weighted by atomic mass is 19.1. The summed E-state index contributed by atoms with van der Waals surface area (Å²) in [5.41, 5.74) is 0.844. The molecule has 0 fully saturated rings. The van der Waals surface area contributed by atoms with Crippen LogP contribution in [0.2, 0.25) is 0 Å². The monoisotopic (exact) mass is 178 g/mol. The van der Waals surface area contributed by atoms with Crippen molar-refractivity contribution in [3.8, 4) is 0 Å². The van der Waals surface area contributed by atoms with Crippen molar-refractivity contribution >= 4 is 11.0 Å². The Morgan fingerprint density at radius 1 is 1.46 bits per heavy atom. The van der Waals surface area contributed by atoms with Crippen molar-refractivity contribution in [1.29, 1.82) is 0 Å². The molecule has 0 aliphatic rings. The van der Waals surface area contributed by atoms with Crippen LogP contribution in [0.3, 0.4) is 0 Å². The quantitative estimate of drug-likeness (QED) is 0.656. The van der Waals surface area contributed by atoms with Gasteiger partial charge in [0.05, 0.1) is 6.20 Å². The number of nitrogens with zero attached hydrogens (tertiary/aromatic N) is 2. The molecule has 2 heterocycles. The molecule has 2 aromatic heterocycles. The molecule has 0 aliphatic heterocycles. The van der Waals surface area contributed by atoms with Crippen LogP contribution in [0.4, 0.5) is 4.39 Å². The smallest absolute Gasteiger partial charge is 0.142 e. The van der Waals surface area contributed by atoms with E-state index in [-0.39, 0.29) is 5.82 Å². The molecule has 13 heavy (non-hydrogen) atoms. The number of hydrogen-bond donors (Lipinski definition) is 0. The van der Waals surface area contributed by atoms with Crippen molar-refractivity contribution < 1.29 is 4.39 Å². The Kier molecular flexibility index (Phi) is 1.79. The predicted molar refractivity (Wildman–Crippen MR) is 50.1 cm³/mol. The van der Waals surface area contributed by atoms with E-state index in [0.29, 0.717) is 6.04 Å². The lowest BCUT2D eigenvalue weighted by molar-refractivity contribution is 0.609. The fourth-order valence-corrected chi connectivity index (χ4v) is 1.43. The van der Waals surface area contributed by atoms with E-state index in [0.717, 1.165) is 11.0 Å². The molecular formula is C10H11FN2. The third kappa shape index (κ3) is 1.30. The molecule has 0 saturated heterocycles. The van der Waals surface area contributed by atoms with Crippen molar-refractivity contribution in [2.24, 2.45) is 0 Å². The molecule has 3 heteroatoms. The second kappa shape index (κ2) is 2.83. The van der Waals surface area contributed by atoms with Crippen LogP contribution >= 0.6 is 0 Å². The van der Waals surface area contributed by atoms with Gasteiger partial charge in [-0.2, -0.15) is 0 Å². The number of hydrogen-bond acceptors (Lipinski definition) is 1. The van der Waals surface area contributed by atoms with E-state index in [9.17, 15) is 4.39 Å². The molecular weight excluding hydrogens is 167 g/mol. The predicted octanol–water partition coefficient (Wildman–Crippen LogP) is 2.76. The molecule has 0 N–H and O–H groups in total. The fourth-order valence-electron chi connectivity index (χ4n) is 1.43. The average Bonchev–Trinajstić information content (AvgIpc) is 2.46. The molecule has 0 spiro atoms. The highest BCUT2D eigenvalue weighted by Gasteiger charge is 2.05. The van der Waals surface area contributed by atoms with Gasteiger partial charge in [0, 0.05) is 17.6 Å². The molecule has 0 unspecified atom stereocenters. The number of rotatable bonds is 1. The SMILES string of the molecule is CC(C)n1ccc2cc(F)cnc21. The summed E-state index contributed by atoms with van der Waals surface area (Å²) in [5.74, 6) is -0.283. The van der Waals surface area contributed by atoms with Crippen LogP contribution in [0.15, 0.2) is 24.5 Å². The number of aromatic nitrogens is 2. The summed E-state index contributed by atoms with van der Waals surface area (Å²) in [5, 5.41) is 0.855. The Morgan fingerprint density at radius 3 is 2.92 bits per heavy atom. The van der Waals surface area contributed by atoms with E-state index in [4.69, 9.17) is 0 Å². The Bertz CT molecular complexity index is 431. The maximum Gasteiger partial charge on any atom is 0.142 e. The average molecular weight is 178 g/mol. The normalized spacial score (nSPS) is 11.4. The summed E-state index contributed by atoms with van der Waals surface area (Å²) in [6.07, 6.45) is 3.18. The second-order valence-corrected chi connectivity index (χ2v) is 3.38. The molecule has 0 aromatic carbocycles. The molecule has 2 rings (SSSR count). The first-order chi connectivity index (χ1) is 6.18. The summed E-state index contributed by atoms with van der Waals surface area (Å²) < 4.78 is 14.8. The molecule has 0 atom stereocenters. The Hall–Kier alpha value is -1.38. The molecule has 0 saturated carbocycles. The first kappa shape index (κ1) is 8.23. The van der Waals surface area contributed by atoms with Crippen molar-refractivity contribution in [3.63, 3.8) is 0 Å². The van der Waals surface area contributed by atoms with Gasteiger partial charge in [-0.3, -0.25) is 0 Å². The van der Waals surface area contributed by atoms with Gasteiger partial charge in [0.2, 0.25) is 0 Å². The summed E-state index contributed by atoms with van der Waals surface area (Å²) in [4.78, 5) is 4.05. The molecule has 2 nitrogen and oxygen atoms in total. The van der Waals surface area contributed by atoms with Gasteiger partial charge < -0.3 is 4.57 Å². The van der Waals surface area contributed by atoms with E-state index in [1.54, 1.807) is 0 Å². The van der Waals surface area contributed by atoms with Crippen LogP contribution in [0.25, 0.3) is 11.0 Å². The minimum absolute atomic E-state index is 0.283. The highest BCUT2D eigenvalue weighted by molar-refractivity contribution is 5.75. The third-order valence-corrected chi connectivity index (χ3v) is 2.08. The number of pyridine rings is 1. The Morgan fingerprint density at radius 2 is 2.23 bits per heavy atom. The Labute approximate surface area is 76.0 Å². The summed E-state index contributed by atoms with van der Waals surface area (Å²) in [7, 11) is 0. The molecule has 0 radical (unpaired) electrons. The topological polar surface area (TPSA) is 17.8 Å². The van der Waals surface area contributed by atoms with Crippen LogP contribution in [0.1, 0.15) is 19.9 Å². The largest absolute Gasteiger partial charge is 0.330 e. The van der Waals surface area contributed by atoms with E-state index < -0.39 is 0 Å². The molecule has 2 aromatic rings. The summed E-state index contributed by atoms with van der Waals surface area (Å²) in [6, 6.07) is 3.74. The van der Waals surface area contributed by atoms with Gasteiger partial charge >= 0.3 is 0 Å². The zero-order chi connectivity index (χ0) is 9.42. The van der Waals surface area contributed by atoms with Crippen LogP contribution in [0.5, 0.6) is 0 Å². The summed E-state index contributed by atoms with van der Waals surface area (Å²) in [6.45, 7) is 4.15. The van der Waals surface area contributed by atoms with Crippen molar-refractivity contribution in [2.75, 3.05) is 0 Å². The van der Waals surface area contributed by atoms with Crippen LogP contribution in [0, 0.1) is 5.82 Å². The highest BCUT2D eigenvalue weighted by Crippen LogP contribution is 2.17. The third-order valence-electron chi connectivity index (χ3n) is 2.08. The fraction of sp³-hybridized carbons (Fsp3) is 0.300. The lowest BCUT2D eigenvalue weighted by Gasteiger charge is -2.07. The van der Waals surface area contributed by atoms with E-state index >= 15 is 0 Å². The van der Waals surface area contributed by atoms with Gasteiger partial charge in [0.25, 0.3) is 0 Å². The van der Waals surface area contributed by atoms with Gasteiger partial charge in [-0.15, -0.1) is 0 Å². The number of fused-ring (bicyclic) bond motifs is 1. The lowest BCUT2D eigenvalue weighted by Crippen LogP contribution is -1.99. The Balaban J connectivity index is 2.69. The zero-order valence-electron chi connectivity index (χ0n) is 7.66. The first-order valence-corrected chi connectivity index (χ1v) is 4.30. The van der Waals surface area contributed by atoms with Gasteiger partial charge in [-0.25, -0.2) is 9.37 Å². The second-order valence-electron chi connectivity index (χ2n) is 3.38. The standard InChI is InChI=1S/C10H11FN2/c1-7(2)13-4-3-8-5-9(11)6-12-10(8)13/h3-7H,1-2H3. The minimum atomic E-state index is -0.283. The van der Waals surface area contributed by atoms with E-state index in [1.165, 1.54) is 12.3 Å². The van der Waals surface area contributed by atoms with Crippen molar-refractivity contribution in [3.05, 3.63) is 30.3 Å². The first-order valence-electron chi connectivity index (χ1n) is 4.30. The van der Waals surface area contributed by atoms with Gasteiger partial charge in [0.15, 0.2) is 0 Å². The van der Waals surface area contributed by atoms with Crippen molar-refractivity contribution in [2.45, 2.75) is 19.9 Å². The minimum Gasteiger partial charge on any atom is -0.330 e. The maximum absolute atomic E-state index is 12.8. The van der Waals surface area contributed by atoms with Gasteiger partial charge in [0.1, 0.15) is 11.5 Å². The maximum atomic E-state index is 12.8. The van der Waals surface area contributed by atoms with Crippen LogP contribution in [-0.2, 0) is 0 Å². The van der Waals surface area contributed by atoms with Gasteiger partial charge in [-0.05, 0) is 26.0 Å². The number of halogens is 1. The lowest BCUT2D eigenvalue weighted by atomic mass is 10.3. The van der Waals surface area contributed by atoms with Crippen LogP contribution < -0.4 is 0 Å². The van der Waals surface area contributed by atoms with Gasteiger partial charge in [-0.1, -0.05) is 0 Å². The molecule has 0 bridgehead atoms. The molecule has 0 amide bonds. The summed E-state index contributed by atoms with van der Waals surface area (Å²) >= 11 is 0. The molecule has 68 valence electrons. The van der Waals surface area contributed by atoms with Crippen LogP contribution in [-0.4, -0.2) is 9.55 Å². The van der Waals surface area contributed by atoms with E-state index in [2.05, 4.69) is 18.8 Å². The van der Waals surface area contributed by atoms with E-state index in [1.807, 2.05) is 16.8 Å². The molecule has 0 aliphatic carbocycles. The zero-order valence-corrected chi connectivity index (χ0v) is 7.66. The van der Waals surface area contributed by atoms with Crippen molar-refractivity contribution in [1.82, 2.24) is 9.55 Å².